The zero-order valence-corrected chi connectivity index (χ0v) is 22.1. The van der Waals surface area contributed by atoms with E-state index in [1.807, 2.05) is 44.2 Å². The average Bonchev–Trinajstić information content (AvgIpc) is 3.39. The second kappa shape index (κ2) is 14.9. The summed E-state index contributed by atoms with van der Waals surface area (Å²) in [6.45, 7) is 4.35. The fraction of sp³-hybridized carbons (Fsp3) is 0.577. The van der Waals surface area contributed by atoms with Crippen molar-refractivity contribution in [3.63, 3.8) is 0 Å². The molecule has 0 spiro atoms. The Bertz CT molecular complexity index is 983. The van der Waals surface area contributed by atoms with Gasteiger partial charge in [0.15, 0.2) is 5.96 Å². The van der Waals surface area contributed by atoms with E-state index in [-0.39, 0.29) is 18.3 Å². The van der Waals surface area contributed by atoms with Crippen LogP contribution in [0.15, 0.2) is 35.3 Å². The Morgan fingerprint density at radius 2 is 1.82 bits per heavy atom. The standard InChI is InChI=1S/C26H41N7O5/c1-3-16(2)21(24(36)33-14-8-12-20(33)25(37)38)32-23(35)19(15-17-9-5-4-6-10-17)31-22(34)18(27)11-7-13-30-26(28)29/h4-6,9-10,16,18-21H,3,7-8,11-15,27H2,1-2H3,(H,31,34)(H,32,35)(H,37,38)(H4,28,29,30). The van der Waals surface area contributed by atoms with E-state index in [9.17, 15) is 24.3 Å². The van der Waals surface area contributed by atoms with Crippen molar-refractivity contribution in [3.05, 3.63) is 35.9 Å². The van der Waals surface area contributed by atoms with Crippen LogP contribution in [0, 0.1) is 5.92 Å². The maximum Gasteiger partial charge on any atom is 0.326 e. The predicted octanol–water partition coefficient (Wildman–Crippen LogP) is -0.299. The van der Waals surface area contributed by atoms with Crippen LogP contribution in [-0.2, 0) is 25.6 Å². The molecule has 0 bridgehead atoms. The molecule has 12 nitrogen and oxygen atoms in total. The van der Waals surface area contributed by atoms with Crippen molar-refractivity contribution in [2.45, 2.75) is 76.5 Å². The molecular formula is C26H41N7O5. The van der Waals surface area contributed by atoms with Crippen molar-refractivity contribution in [1.29, 1.82) is 0 Å². The quantitative estimate of drug-likeness (QED) is 0.106. The van der Waals surface area contributed by atoms with Crippen LogP contribution >= 0.6 is 0 Å². The van der Waals surface area contributed by atoms with Crippen molar-refractivity contribution in [1.82, 2.24) is 15.5 Å². The fourth-order valence-electron chi connectivity index (χ4n) is 4.39. The molecule has 38 heavy (non-hydrogen) atoms. The van der Waals surface area contributed by atoms with Crippen LogP contribution in [0.2, 0.25) is 0 Å². The molecule has 0 saturated carbocycles. The van der Waals surface area contributed by atoms with Crippen molar-refractivity contribution >= 4 is 29.7 Å². The zero-order valence-electron chi connectivity index (χ0n) is 22.1. The molecule has 1 aromatic carbocycles. The number of carbonyl (C=O) groups is 4. The number of hydrogen-bond acceptors (Lipinski definition) is 6. The number of rotatable bonds is 14. The van der Waals surface area contributed by atoms with E-state index in [1.54, 1.807) is 0 Å². The summed E-state index contributed by atoms with van der Waals surface area (Å²) in [6, 6.07) is 5.43. The van der Waals surface area contributed by atoms with Gasteiger partial charge in [-0.1, -0.05) is 50.6 Å². The summed E-state index contributed by atoms with van der Waals surface area (Å²) in [5, 5.41) is 15.1. The third kappa shape index (κ3) is 9.02. The topological polar surface area (TPSA) is 206 Å². The van der Waals surface area contributed by atoms with Crippen molar-refractivity contribution in [3.8, 4) is 0 Å². The van der Waals surface area contributed by atoms with Crippen LogP contribution in [0.4, 0.5) is 0 Å². The third-order valence-corrected chi connectivity index (χ3v) is 6.82. The van der Waals surface area contributed by atoms with Gasteiger partial charge in [-0.15, -0.1) is 0 Å². The molecule has 12 heteroatoms. The number of carboxylic acid groups (broad SMARTS) is 1. The molecule has 0 radical (unpaired) electrons. The second-order valence-corrected chi connectivity index (χ2v) is 9.71. The maximum absolute atomic E-state index is 13.5. The Morgan fingerprint density at radius 3 is 2.42 bits per heavy atom. The molecule has 1 heterocycles. The molecule has 0 aromatic heterocycles. The summed E-state index contributed by atoms with van der Waals surface area (Å²) in [5.74, 6) is -2.85. The third-order valence-electron chi connectivity index (χ3n) is 6.82. The molecule has 5 atom stereocenters. The van der Waals surface area contributed by atoms with E-state index >= 15 is 0 Å². The minimum absolute atomic E-state index is 0.0448. The number of likely N-dealkylation sites (tertiary alicyclic amines) is 1. The predicted molar refractivity (Wildman–Crippen MR) is 144 cm³/mol. The summed E-state index contributed by atoms with van der Waals surface area (Å²) in [4.78, 5) is 56.7. The first-order chi connectivity index (χ1) is 18.0. The highest BCUT2D eigenvalue weighted by atomic mass is 16.4. The molecule has 5 unspecified atom stereocenters. The minimum atomic E-state index is -1.06. The second-order valence-electron chi connectivity index (χ2n) is 9.71. The van der Waals surface area contributed by atoms with Crippen LogP contribution in [0.1, 0.15) is 51.5 Å². The van der Waals surface area contributed by atoms with Gasteiger partial charge in [-0.25, -0.2) is 4.79 Å². The number of aliphatic imine (C=N–C) groups is 1. The van der Waals surface area contributed by atoms with Gasteiger partial charge in [-0.05, 0) is 37.2 Å². The number of hydrogen-bond donors (Lipinski definition) is 6. The van der Waals surface area contributed by atoms with Gasteiger partial charge in [0.25, 0.3) is 0 Å². The number of carbonyl (C=O) groups excluding carboxylic acids is 3. The van der Waals surface area contributed by atoms with Crippen LogP contribution < -0.4 is 27.8 Å². The Balaban J connectivity index is 2.19. The fourth-order valence-corrected chi connectivity index (χ4v) is 4.39. The molecule has 1 fully saturated rings. The van der Waals surface area contributed by atoms with Crippen molar-refractivity contribution in [2.24, 2.45) is 28.1 Å². The van der Waals surface area contributed by atoms with Crippen LogP contribution in [0.3, 0.4) is 0 Å². The lowest BCUT2D eigenvalue weighted by molar-refractivity contribution is -0.150. The van der Waals surface area contributed by atoms with E-state index in [4.69, 9.17) is 17.2 Å². The van der Waals surface area contributed by atoms with Crippen LogP contribution in [0.5, 0.6) is 0 Å². The van der Waals surface area contributed by atoms with Crippen molar-refractivity contribution < 1.29 is 24.3 Å². The summed E-state index contributed by atoms with van der Waals surface area (Å²) >= 11 is 0. The van der Waals surface area contributed by atoms with Gasteiger partial charge in [0, 0.05) is 19.5 Å². The molecule has 1 aliphatic heterocycles. The molecule has 9 N–H and O–H groups in total. The van der Waals surface area contributed by atoms with Gasteiger partial charge in [-0.3, -0.25) is 19.4 Å². The number of nitrogens with one attached hydrogen (secondary N) is 2. The summed E-state index contributed by atoms with van der Waals surface area (Å²) < 4.78 is 0. The van der Waals surface area contributed by atoms with E-state index in [0.29, 0.717) is 45.2 Å². The smallest absolute Gasteiger partial charge is 0.326 e. The number of aliphatic carboxylic acids is 1. The van der Waals surface area contributed by atoms with Gasteiger partial charge in [-0.2, -0.15) is 0 Å². The molecule has 1 aliphatic rings. The number of guanidine groups is 1. The highest BCUT2D eigenvalue weighted by Crippen LogP contribution is 2.21. The molecule has 2 rings (SSSR count). The lowest BCUT2D eigenvalue weighted by Crippen LogP contribution is -2.59. The maximum atomic E-state index is 13.5. The number of amides is 3. The SMILES string of the molecule is CCC(C)C(NC(=O)C(Cc1ccccc1)NC(=O)C(N)CCCN=C(N)N)C(=O)N1CCCC1C(=O)O. The van der Waals surface area contributed by atoms with E-state index in [2.05, 4.69) is 15.6 Å². The van der Waals surface area contributed by atoms with Crippen molar-refractivity contribution in [2.75, 3.05) is 13.1 Å². The molecular weight excluding hydrogens is 490 g/mol. The molecule has 210 valence electrons. The first-order valence-corrected chi connectivity index (χ1v) is 13.0. The van der Waals surface area contributed by atoms with Gasteiger partial charge >= 0.3 is 5.97 Å². The largest absolute Gasteiger partial charge is 0.480 e. The van der Waals surface area contributed by atoms with E-state index in [0.717, 1.165) is 5.56 Å². The first-order valence-electron chi connectivity index (χ1n) is 13.0. The Hall–Kier alpha value is -3.67. The lowest BCUT2D eigenvalue weighted by atomic mass is 9.96. The zero-order chi connectivity index (χ0) is 28.2. The van der Waals surface area contributed by atoms with Gasteiger partial charge < -0.3 is 37.8 Å². The number of carboxylic acids is 1. The Labute approximate surface area is 223 Å². The molecule has 1 aromatic rings. The van der Waals surface area contributed by atoms with Gasteiger partial charge in [0.1, 0.15) is 18.1 Å². The lowest BCUT2D eigenvalue weighted by Gasteiger charge is -2.31. The first kappa shape index (κ1) is 30.6. The summed E-state index contributed by atoms with van der Waals surface area (Å²) in [6.07, 6.45) is 2.50. The summed E-state index contributed by atoms with van der Waals surface area (Å²) in [5.41, 5.74) is 17.5. The monoisotopic (exact) mass is 531 g/mol. The Kier molecular flexibility index (Phi) is 12.0. The minimum Gasteiger partial charge on any atom is -0.480 e. The van der Waals surface area contributed by atoms with Gasteiger partial charge in [0.2, 0.25) is 17.7 Å². The number of nitrogens with two attached hydrogens (primary N) is 3. The van der Waals surface area contributed by atoms with E-state index in [1.165, 1.54) is 4.90 Å². The number of benzene rings is 1. The summed E-state index contributed by atoms with van der Waals surface area (Å²) in [7, 11) is 0. The number of nitrogens with zero attached hydrogens (tertiary/aromatic N) is 2. The molecule has 3 amide bonds. The Morgan fingerprint density at radius 1 is 1.13 bits per heavy atom. The van der Waals surface area contributed by atoms with Gasteiger partial charge in [0.05, 0.1) is 6.04 Å². The normalized spacial score (nSPS) is 18.1. The molecule has 0 aliphatic carbocycles. The van der Waals surface area contributed by atoms with E-state index < -0.39 is 47.9 Å². The highest BCUT2D eigenvalue weighted by Gasteiger charge is 2.40. The highest BCUT2D eigenvalue weighted by molar-refractivity contribution is 5.94. The molecule has 1 saturated heterocycles. The van der Waals surface area contributed by atoms with Crippen LogP contribution in [-0.4, -0.2) is 76.9 Å². The van der Waals surface area contributed by atoms with Crippen LogP contribution in [0.25, 0.3) is 0 Å². The average molecular weight is 532 g/mol.